The molecule has 0 heterocycles. The fraction of sp³-hybridized carbons (Fsp3) is 0.500. The van der Waals surface area contributed by atoms with Crippen molar-refractivity contribution in [2.45, 2.75) is 20.3 Å². The molecule has 0 aromatic rings. The number of rotatable bonds is 4. The zero-order chi connectivity index (χ0) is 10.4. The van der Waals surface area contributed by atoms with Crippen LogP contribution < -0.4 is 0 Å². The van der Waals surface area contributed by atoms with Crippen LogP contribution in [-0.2, 0) is 19.1 Å². The molecule has 0 bridgehead atoms. The van der Waals surface area contributed by atoms with Crippen molar-refractivity contribution in [3.05, 3.63) is 0 Å². The minimum atomic E-state index is -1.14. The Morgan fingerprint density at radius 3 is 2.14 bits per heavy atom. The number of hydrogen-bond donors (Lipinski definition) is 0. The molecule has 0 spiro atoms. The summed E-state index contributed by atoms with van der Waals surface area (Å²) in [6.45, 7) is 2.43. The van der Waals surface area contributed by atoms with Crippen molar-refractivity contribution in [2.24, 2.45) is 5.92 Å². The summed E-state index contributed by atoms with van der Waals surface area (Å²) in [5, 5.41) is 8.01. The van der Waals surface area contributed by atoms with E-state index >= 15 is 0 Å². The van der Waals surface area contributed by atoms with Gasteiger partial charge in [-0.3, -0.25) is 14.4 Å². The number of ketones is 2. The molecule has 0 aliphatic carbocycles. The van der Waals surface area contributed by atoms with Crippen LogP contribution in [0.25, 0.3) is 0 Å². The van der Waals surface area contributed by atoms with Crippen molar-refractivity contribution in [1.82, 2.24) is 0 Å². The van der Waals surface area contributed by atoms with Gasteiger partial charge in [-0.25, -0.2) is 0 Å². The van der Waals surface area contributed by atoms with E-state index in [0.717, 1.165) is 6.26 Å². The zero-order valence-corrected chi connectivity index (χ0v) is 7.36. The number of ether oxygens (including phenoxy) is 1. The van der Waals surface area contributed by atoms with Crippen molar-refractivity contribution in [2.75, 3.05) is 0 Å². The fourth-order valence-corrected chi connectivity index (χ4v) is 0.797. The number of esters is 1. The molecule has 0 amide bonds. The van der Waals surface area contributed by atoms with Crippen LogP contribution in [0.1, 0.15) is 20.3 Å². The van der Waals surface area contributed by atoms with Gasteiger partial charge in [-0.1, -0.05) is 0 Å². The minimum absolute atomic E-state index is 0. The number of nitrogens with zero attached hydrogens (tertiary/aromatic N) is 1. The molecule has 5 nitrogen and oxygen atoms in total. The molecule has 0 N–H and O–H groups in total. The molecule has 1 atom stereocenters. The van der Waals surface area contributed by atoms with Crippen molar-refractivity contribution < 1.29 is 19.1 Å². The Labute approximate surface area is 104 Å². The first kappa shape index (κ1) is 15.8. The average Bonchev–Trinajstić information content (AvgIpc) is 1.99. The number of carbonyl (C=O) groups is 3. The second kappa shape index (κ2) is 7.68. The Morgan fingerprint density at radius 1 is 1.36 bits per heavy atom. The van der Waals surface area contributed by atoms with E-state index in [1.54, 1.807) is 0 Å². The van der Waals surface area contributed by atoms with Gasteiger partial charge in [-0.05, 0) is 13.8 Å². The third kappa shape index (κ3) is 5.86. The molecular formula is C8H10NNaO4. The van der Waals surface area contributed by atoms with Gasteiger partial charge in [0.1, 0.15) is 17.5 Å². The first-order chi connectivity index (χ1) is 5.99. The number of Topliss-reactive ketones (excluding diaryl/α,β-unsaturated/α-hetero) is 2. The Morgan fingerprint density at radius 2 is 1.86 bits per heavy atom. The Kier molecular flexibility index (Phi) is 8.65. The molecular weight excluding hydrogens is 197 g/mol. The van der Waals surface area contributed by atoms with Crippen molar-refractivity contribution >= 4 is 47.1 Å². The van der Waals surface area contributed by atoms with Crippen LogP contribution in [-0.4, -0.2) is 47.1 Å². The molecule has 0 aromatic heterocycles. The number of carbonyl (C=O) groups excluding carboxylic acids is 3. The second-order valence-electron chi connectivity index (χ2n) is 2.58. The molecule has 1 unspecified atom stereocenters. The SMILES string of the molecule is CC(=O)CC(C(C)=O)C(=O)OC#N.[NaH]. The summed E-state index contributed by atoms with van der Waals surface area (Å²) in [4.78, 5) is 32.4. The monoisotopic (exact) mass is 207 g/mol. The predicted molar refractivity (Wildman–Crippen MR) is 48.3 cm³/mol. The van der Waals surface area contributed by atoms with Crippen LogP contribution in [0.2, 0.25) is 0 Å². The van der Waals surface area contributed by atoms with E-state index < -0.39 is 17.7 Å². The summed E-state index contributed by atoms with van der Waals surface area (Å²) in [5.74, 6) is -2.88. The van der Waals surface area contributed by atoms with Gasteiger partial charge in [0, 0.05) is 6.42 Å². The normalized spacial score (nSPS) is 10.4. The van der Waals surface area contributed by atoms with Gasteiger partial charge >= 0.3 is 35.5 Å². The van der Waals surface area contributed by atoms with Crippen LogP contribution in [0.4, 0.5) is 0 Å². The average molecular weight is 207 g/mol. The van der Waals surface area contributed by atoms with Crippen molar-refractivity contribution in [3.63, 3.8) is 0 Å². The van der Waals surface area contributed by atoms with E-state index in [4.69, 9.17) is 5.26 Å². The van der Waals surface area contributed by atoms with Crippen molar-refractivity contribution in [1.29, 1.82) is 5.26 Å². The van der Waals surface area contributed by atoms with E-state index in [9.17, 15) is 14.4 Å². The molecule has 0 saturated heterocycles. The summed E-state index contributed by atoms with van der Waals surface area (Å²) >= 11 is 0. The Bertz CT molecular complexity index is 282. The van der Waals surface area contributed by atoms with Gasteiger partial charge in [-0.2, -0.15) is 0 Å². The third-order valence-corrected chi connectivity index (χ3v) is 1.41. The quantitative estimate of drug-likeness (QED) is 0.269. The standard InChI is InChI=1S/C8H9NO4.Na.H/c1-5(10)3-7(6(2)11)8(12)13-4-9;;/h7H,3H2,1-2H3;;. The molecule has 0 radical (unpaired) electrons. The summed E-state index contributed by atoms with van der Waals surface area (Å²) < 4.78 is 3.96. The molecule has 0 fully saturated rings. The Balaban J connectivity index is 0. The van der Waals surface area contributed by atoms with Crippen LogP contribution in [0.15, 0.2) is 0 Å². The molecule has 6 heteroatoms. The van der Waals surface area contributed by atoms with E-state index in [-0.39, 0.29) is 41.8 Å². The van der Waals surface area contributed by atoms with E-state index in [1.165, 1.54) is 13.8 Å². The van der Waals surface area contributed by atoms with Crippen molar-refractivity contribution in [3.8, 4) is 6.26 Å². The molecule has 0 rings (SSSR count). The molecule has 0 aliphatic heterocycles. The van der Waals surface area contributed by atoms with E-state index in [0.29, 0.717) is 0 Å². The predicted octanol–water partition coefficient (Wildman–Crippen LogP) is -0.454. The fourth-order valence-electron chi connectivity index (χ4n) is 0.797. The maximum absolute atomic E-state index is 10.9. The first-order valence-electron chi connectivity index (χ1n) is 3.58. The molecule has 72 valence electrons. The van der Waals surface area contributed by atoms with Gasteiger partial charge in [0.15, 0.2) is 0 Å². The van der Waals surface area contributed by atoms with Crippen LogP contribution in [0.5, 0.6) is 0 Å². The molecule has 0 saturated carbocycles. The van der Waals surface area contributed by atoms with Crippen LogP contribution in [0, 0.1) is 17.4 Å². The number of hydrogen-bond acceptors (Lipinski definition) is 5. The molecule has 0 aromatic carbocycles. The van der Waals surface area contributed by atoms with Gasteiger partial charge in [-0.15, -0.1) is 5.26 Å². The number of nitriles is 1. The summed E-state index contributed by atoms with van der Waals surface area (Å²) in [6, 6.07) is 0. The topological polar surface area (TPSA) is 84.2 Å². The van der Waals surface area contributed by atoms with E-state index in [1.807, 2.05) is 0 Å². The Hall–Kier alpha value is -0.700. The zero-order valence-electron chi connectivity index (χ0n) is 7.36. The summed E-state index contributed by atoms with van der Waals surface area (Å²) in [7, 11) is 0. The first-order valence-corrected chi connectivity index (χ1v) is 3.58. The molecule has 14 heavy (non-hydrogen) atoms. The van der Waals surface area contributed by atoms with Gasteiger partial charge in [0.2, 0.25) is 0 Å². The summed E-state index contributed by atoms with van der Waals surface area (Å²) in [5.41, 5.74) is 0. The molecule has 0 aliphatic rings. The van der Waals surface area contributed by atoms with Crippen LogP contribution in [0.3, 0.4) is 0 Å². The van der Waals surface area contributed by atoms with Crippen LogP contribution >= 0.6 is 0 Å². The maximum atomic E-state index is 10.9. The van der Waals surface area contributed by atoms with Gasteiger partial charge in [0.05, 0.1) is 0 Å². The van der Waals surface area contributed by atoms with Gasteiger partial charge in [0.25, 0.3) is 6.26 Å². The third-order valence-electron chi connectivity index (χ3n) is 1.41. The van der Waals surface area contributed by atoms with E-state index in [2.05, 4.69) is 4.74 Å². The summed E-state index contributed by atoms with van der Waals surface area (Å²) in [6.07, 6.45) is 0.951. The second-order valence-corrected chi connectivity index (χ2v) is 2.58. The van der Waals surface area contributed by atoms with Gasteiger partial charge < -0.3 is 4.74 Å².